The first kappa shape index (κ1) is 12.5. The maximum Gasteiger partial charge on any atom is 0.244 e. The molecule has 16 heavy (non-hydrogen) atoms. The van der Waals surface area contributed by atoms with Crippen molar-refractivity contribution in [3.63, 3.8) is 0 Å². The van der Waals surface area contributed by atoms with Gasteiger partial charge in [-0.2, -0.15) is 0 Å². The van der Waals surface area contributed by atoms with E-state index in [-0.39, 0.29) is 11.3 Å². The zero-order valence-corrected chi connectivity index (χ0v) is 10.2. The molecule has 0 heterocycles. The zero-order chi connectivity index (χ0) is 12.0. The Bertz CT molecular complexity index is 360. The molecule has 0 saturated carbocycles. The van der Waals surface area contributed by atoms with E-state index in [0.717, 1.165) is 5.56 Å². The van der Waals surface area contributed by atoms with Crippen molar-refractivity contribution in [3.8, 4) is 0 Å². The number of rotatable bonds is 3. The third-order valence-electron chi connectivity index (χ3n) is 2.02. The quantitative estimate of drug-likeness (QED) is 0.775. The van der Waals surface area contributed by atoms with Crippen LogP contribution in [0.3, 0.4) is 0 Å². The molecule has 0 aromatic heterocycles. The molecule has 1 amide bonds. The van der Waals surface area contributed by atoms with Gasteiger partial charge in [0.2, 0.25) is 5.91 Å². The molecule has 2 nitrogen and oxygen atoms in total. The summed E-state index contributed by atoms with van der Waals surface area (Å²) < 4.78 is 0. The minimum atomic E-state index is -0.0428. The van der Waals surface area contributed by atoms with E-state index in [1.54, 1.807) is 6.08 Å². The number of benzene rings is 1. The third kappa shape index (κ3) is 5.35. The van der Waals surface area contributed by atoms with Gasteiger partial charge in [-0.1, -0.05) is 51.1 Å². The van der Waals surface area contributed by atoms with Crippen LogP contribution in [0.25, 0.3) is 6.08 Å². The summed E-state index contributed by atoms with van der Waals surface area (Å²) in [6.45, 7) is 6.96. The average molecular weight is 217 g/mol. The maximum absolute atomic E-state index is 11.5. The van der Waals surface area contributed by atoms with Crippen LogP contribution in [0.2, 0.25) is 0 Å². The SMILES string of the molecule is CC(C)(C)CNC(=O)C=Cc1ccccc1. The Labute approximate surface area is 97.4 Å². The molecular weight excluding hydrogens is 198 g/mol. The highest BCUT2D eigenvalue weighted by Crippen LogP contribution is 2.10. The Morgan fingerprint density at radius 1 is 1.25 bits per heavy atom. The lowest BCUT2D eigenvalue weighted by molar-refractivity contribution is -0.116. The van der Waals surface area contributed by atoms with Gasteiger partial charge in [-0.05, 0) is 17.1 Å². The van der Waals surface area contributed by atoms with Crippen molar-refractivity contribution < 1.29 is 4.79 Å². The van der Waals surface area contributed by atoms with E-state index in [4.69, 9.17) is 0 Å². The fraction of sp³-hybridized carbons (Fsp3) is 0.357. The van der Waals surface area contributed by atoms with E-state index >= 15 is 0 Å². The Morgan fingerprint density at radius 3 is 2.44 bits per heavy atom. The second-order valence-electron chi connectivity index (χ2n) is 5.02. The molecule has 86 valence electrons. The summed E-state index contributed by atoms with van der Waals surface area (Å²) >= 11 is 0. The van der Waals surface area contributed by atoms with E-state index in [9.17, 15) is 4.79 Å². The molecule has 1 N–H and O–H groups in total. The number of amides is 1. The lowest BCUT2D eigenvalue weighted by atomic mass is 9.97. The van der Waals surface area contributed by atoms with Crippen LogP contribution >= 0.6 is 0 Å². The average Bonchev–Trinajstić information content (AvgIpc) is 2.24. The van der Waals surface area contributed by atoms with Crippen LogP contribution in [0.4, 0.5) is 0 Å². The first-order valence-electron chi connectivity index (χ1n) is 5.48. The number of hydrogen-bond acceptors (Lipinski definition) is 1. The normalized spacial score (nSPS) is 11.7. The highest BCUT2D eigenvalue weighted by Gasteiger charge is 2.10. The van der Waals surface area contributed by atoms with E-state index < -0.39 is 0 Å². The van der Waals surface area contributed by atoms with E-state index in [2.05, 4.69) is 26.1 Å². The minimum Gasteiger partial charge on any atom is -0.352 e. The van der Waals surface area contributed by atoms with Crippen LogP contribution in [0.5, 0.6) is 0 Å². The van der Waals surface area contributed by atoms with Gasteiger partial charge in [-0.15, -0.1) is 0 Å². The smallest absolute Gasteiger partial charge is 0.244 e. The molecule has 0 aliphatic rings. The fourth-order valence-corrected chi connectivity index (χ4v) is 1.15. The summed E-state index contributed by atoms with van der Waals surface area (Å²) in [7, 11) is 0. The van der Waals surface area contributed by atoms with Gasteiger partial charge in [0.05, 0.1) is 0 Å². The second-order valence-corrected chi connectivity index (χ2v) is 5.02. The number of carbonyl (C=O) groups is 1. The molecule has 0 saturated heterocycles. The summed E-state index contributed by atoms with van der Waals surface area (Å²) in [4.78, 5) is 11.5. The van der Waals surface area contributed by atoms with E-state index in [0.29, 0.717) is 6.54 Å². The minimum absolute atomic E-state index is 0.0428. The molecule has 0 unspecified atom stereocenters. The van der Waals surface area contributed by atoms with Gasteiger partial charge in [0.1, 0.15) is 0 Å². The molecule has 0 atom stereocenters. The van der Waals surface area contributed by atoms with Crippen molar-refractivity contribution in [3.05, 3.63) is 42.0 Å². The monoisotopic (exact) mass is 217 g/mol. The standard InChI is InChI=1S/C14H19NO/c1-14(2,3)11-15-13(16)10-9-12-7-5-4-6-8-12/h4-10H,11H2,1-3H3,(H,15,16). The molecule has 0 radical (unpaired) electrons. The van der Waals surface area contributed by atoms with Crippen molar-refractivity contribution in [2.45, 2.75) is 20.8 Å². The summed E-state index contributed by atoms with van der Waals surface area (Å²) in [5, 5.41) is 2.87. The van der Waals surface area contributed by atoms with Gasteiger partial charge < -0.3 is 5.32 Å². The summed E-state index contributed by atoms with van der Waals surface area (Å²) in [6, 6.07) is 9.79. The molecule has 0 fully saturated rings. The first-order valence-corrected chi connectivity index (χ1v) is 5.48. The number of nitrogens with one attached hydrogen (secondary N) is 1. The van der Waals surface area contributed by atoms with E-state index in [1.165, 1.54) is 0 Å². The first-order chi connectivity index (χ1) is 7.47. The van der Waals surface area contributed by atoms with Crippen LogP contribution < -0.4 is 5.32 Å². The topological polar surface area (TPSA) is 29.1 Å². The number of hydrogen-bond donors (Lipinski definition) is 1. The molecule has 0 spiro atoms. The van der Waals surface area contributed by atoms with Gasteiger partial charge in [0, 0.05) is 12.6 Å². The molecule has 0 aliphatic heterocycles. The van der Waals surface area contributed by atoms with E-state index in [1.807, 2.05) is 36.4 Å². The molecule has 2 heteroatoms. The van der Waals surface area contributed by atoms with Crippen molar-refractivity contribution in [1.82, 2.24) is 5.32 Å². The maximum atomic E-state index is 11.5. The Hall–Kier alpha value is -1.57. The summed E-state index contributed by atoms with van der Waals surface area (Å²) in [5.74, 6) is -0.0428. The van der Waals surface area contributed by atoms with Gasteiger partial charge in [0.25, 0.3) is 0 Å². The van der Waals surface area contributed by atoms with Crippen LogP contribution in [-0.2, 0) is 4.79 Å². The van der Waals surface area contributed by atoms with Crippen LogP contribution in [0.1, 0.15) is 26.3 Å². The Morgan fingerprint density at radius 2 is 1.88 bits per heavy atom. The van der Waals surface area contributed by atoms with Crippen LogP contribution in [0, 0.1) is 5.41 Å². The molecule has 1 rings (SSSR count). The van der Waals surface area contributed by atoms with Gasteiger partial charge in [-0.3, -0.25) is 4.79 Å². The predicted molar refractivity (Wildman–Crippen MR) is 67.9 cm³/mol. The van der Waals surface area contributed by atoms with Gasteiger partial charge in [0.15, 0.2) is 0 Å². The predicted octanol–water partition coefficient (Wildman–Crippen LogP) is 2.86. The Balaban J connectivity index is 2.43. The largest absolute Gasteiger partial charge is 0.352 e. The summed E-state index contributed by atoms with van der Waals surface area (Å²) in [5.41, 5.74) is 1.16. The zero-order valence-electron chi connectivity index (χ0n) is 10.2. The molecule has 1 aromatic carbocycles. The number of carbonyl (C=O) groups excluding carboxylic acids is 1. The molecule has 0 aliphatic carbocycles. The molecule has 0 bridgehead atoms. The van der Waals surface area contributed by atoms with Crippen molar-refractivity contribution in [2.24, 2.45) is 5.41 Å². The van der Waals surface area contributed by atoms with Crippen LogP contribution in [-0.4, -0.2) is 12.5 Å². The lowest BCUT2D eigenvalue weighted by Gasteiger charge is -2.17. The van der Waals surface area contributed by atoms with Crippen LogP contribution in [0.15, 0.2) is 36.4 Å². The Kier molecular flexibility index (Phi) is 4.29. The highest BCUT2D eigenvalue weighted by molar-refractivity contribution is 5.91. The van der Waals surface area contributed by atoms with Gasteiger partial charge in [-0.25, -0.2) is 0 Å². The molecular formula is C14H19NO. The van der Waals surface area contributed by atoms with Crippen molar-refractivity contribution >= 4 is 12.0 Å². The van der Waals surface area contributed by atoms with Crippen molar-refractivity contribution in [2.75, 3.05) is 6.54 Å². The van der Waals surface area contributed by atoms with Gasteiger partial charge >= 0.3 is 0 Å². The fourth-order valence-electron chi connectivity index (χ4n) is 1.15. The highest BCUT2D eigenvalue weighted by atomic mass is 16.1. The van der Waals surface area contributed by atoms with Crippen molar-refractivity contribution in [1.29, 1.82) is 0 Å². The second kappa shape index (κ2) is 5.50. The molecule has 1 aromatic rings. The summed E-state index contributed by atoms with van der Waals surface area (Å²) in [6.07, 6.45) is 3.39. The third-order valence-corrected chi connectivity index (χ3v) is 2.02. The lowest BCUT2D eigenvalue weighted by Crippen LogP contribution is -2.30.